The lowest BCUT2D eigenvalue weighted by Gasteiger charge is -2.08. The molecule has 0 radical (unpaired) electrons. The highest BCUT2D eigenvalue weighted by Crippen LogP contribution is 2.00. The number of rotatable bonds is 3. The fourth-order valence-corrected chi connectivity index (χ4v) is 1.34. The van der Waals surface area contributed by atoms with Gasteiger partial charge in [-0.05, 0) is 6.92 Å². The average Bonchev–Trinajstić information content (AvgIpc) is 2.85. The van der Waals surface area contributed by atoms with E-state index in [1.54, 1.807) is 6.92 Å². The molecule has 0 saturated heterocycles. The third-order valence-electron chi connectivity index (χ3n) is 2.24. The van der Waals surface area contributed by atoms with E-state index < -0.39 is 0 Å². The van der Waals surface area contributed by atoms with Gasteiger partial charge in [0.05, 0.1) is 6.54 Å². The highest BCUT2D eigenvalue weighted by atomic mass is 16.6. The first-order valence-electron chi connectivity index (χ1n) is 4.73. The highest BCUT2D eigenvalue weighted by molar-refractivity contribution is 5.84. The summed E-state index contributed by atoms with van der Waals surface area (Å²) >= 11 is 0. The standard InChI is InChI=1S/C9H12N4O2/c1-6-8(13-15-12-6)5-11-9(14)7-3-2-4-10-7/h2-3,7,10H,4-5H2,1H3,(H,11,14). The predicted octanol–water partition coefficient (Wildman–Crippen LogP) is -0.478. The lowest BCUT2D eigenvalue weighted by Crippen LogP contribution is -2.40. The van der Waals surface area contributed by atoms with E-state index in [4.69, 9.17) is 0 Å². The largest absolute Gasteiger partial charge is 0.349 e. The Morgan fingerprint density at radius 1 is 1.73 bits per heavy atom. The molecule has 1 amide bonds. The summed E-state index contributed by atoms with van der Waals surface area (Å²) in [5.74, 6) is -0.0637. The first kappa shape index (κ1) is 9.85. The molecule has 1 atom stereocenters. The van der Waals surface area contributed by atoms with Crippen LogP contribution in [-0.2, 0) is 11.3 Å². The first-order chi connectivity index (χ1) is 7.27. The van der Waals surface area contributed by atoms with Gasteiger partial charge in [0.15, 0.2) is 0 Å². The molecule has 1 aliphatic heterocycles. The SMILES string of the molecule is Cc1nonc1CNC(=O)C1C=CCN1. The zero-order chi connectivity index (χ0) is 10.7. The Kier molecular flexibility index (Phi) is 2.77. The third-order valence-corrected chi connectivity index (χ3v) is 2.24. The number of carbonyl (C=O) groups is 1. The van der Waals surface area contributed by atoms with Crippen LogP contribution in [0, 0.1) is 6.92 Å². The minimum Gasteiger partial charge on any atom is -0.349 e. The van der Waals surface area contributed by atoms with Crippen molar-refractivity contribution in [2.45, 2.75) is 19.5 Å². The lowest BCUT2D eigenvalue weighted by molar-refractivity contribution is -0.122. The van der Waals surface area contributed by atoms with Crippen LogP contribution in [0.25, 0.3) is 0 Å². The van der Waals surface area contributed by atoms with E-state index >= 15 is 0 Å². The van der Waals surface area contributed by atoms with Gasteiger partial charge in [-0.2, -0.15) is 0 Å². The van der Waals surface area contributed by atoms with E-state index in [0.29, 0.717) is 17.9 Å². The molecule has 0 fully saturated rings. The molecule has 2 rings (SSSR count). The second-order valence-electron chi connectivity index (χ2n) is 3.33. The number of nitrogens with zero attached hydrogens (tertiary/aromatic N) is 2. The summed E-state index contributed by atoms with van der Waals surface area (Å²) < 4.78 is 4.52. The molecular formula is C9H12N4O2. The summed E-state index contributed by atoms with van der Waals surface area (Å²) in [6.45, 7) is 2.87. The monoisotopic (exact) mass is 208 g/mol. The zero-order valence-electron chi connectivity index (χ0n) is 8.36. The molecule has 6 nitrogen and oxygen atoms in total. The normalized spacial score (nSPS) is 19.4. The Hall–Kier alpha value is -1.69. The molecule has 1 aliphatic rings. The topological polar surface area (TPSA) is 80.1 Å². The molecule has 1 unspecified atom stereocenters. The number of hydrogen-bond acceptors (Lipinski definition) is 5. The quantitative estimate of drug-likeness (QED) is 0.656. The van der Waals surface area contributed by atoms with E-state index in [9.17, 15) is 4.79 Å². The van der Waals surface area contributed by atoms with E-state index in [0.717, 1.165) is 6.54 Å². The van der Waals surface area contributed by atoms with Crippen molar-refractivity contribution in [3.05, 3.63) is 23.5 Å². The van der Waals surface area contributed by atoms with Crippen LogP contribution in [0.3, 0.4) is 0 Å². The van der Waals surface area contributed by atoms with Crippen LogP contribution >= 0.6 is 0 Å². The van der Waals surface area contributed by atoms with Crippen LogP contribution in [-0.4, -0.2) is 28.8 Å². The maximum atomic E-state index is 11.5. The summed E-state index contributed by atoms with van der Waals surface area (Å²) in [5, 5.41) is 13.1. The van der Waals surface area contributed by atoms with Gasteiger partial charge < -0.3 is 5.32 Å². The molecule has 1 aromatic rings. The van der Waals surface area contributed by atoms with E-state index in [-0.39, 0.29) is 11.9 Å². The van der Waals surface area contributed by atoms with Gasteiger partial charge in [0.25, 0.3) is 0 Å². The average molecular weight is 208 g/mol. The highest BCUT2D eigenvalue weighted by Gasteiger charge is 2.17. The summed E-state index contributed by atoms with van der Waals surface area (Å²) in [6.07, 6.45) is 3.76. The van der Waals surface area contributed by atoms with Crippen molar-refractivity contribution >= 4 is 5.91 Å². The van der Waals surface area contributed by atoms with Crippen LogP contribution < -0.4 is 10.6 Å². The fourth-order valence-electron chi connectivity index (χ4n) is 1.34. The van der Waals surface area contributed by atoms with Crippen molar-refractivity contribution in [3.8, 4) is 0 Å². The molecule has 2 heterocycles. The van der Waals surface area contributed by atoms with Crippen LogP contribution in [0.15, 0.2) is 16.8 Å². The van der Waals surface area contributed by atoms with Gasteiger partial charge >= 0.3 is 0 Å². The van der Waals surface area contributed by atoms with Gasteiger partial charge in [0.1, 0.15) is 17.4 Å². The fraction of sp³-hybridized carbons (Fsp3) is 0.444. The molecular weight excluding hydrogens is 196 g/mol. The number of aryl methyl sites for hydroxylation is 1. The van der Waals surface area contributed by atoms with Crippen LogP contribution in [0.4, 0.5) is 0 Å². The molecule has 1 aromatic heterocycles. The first-order valence-corrected chi connectivity index (χ1v) is 4.73. The van der Waals surface area contributed by atoms with E-state index in [2.05, 4.69) is 25.6 Å². The van der Waals surface area contributed by atoms with Crippen molar-refractivity contribution in [2.75, 3.05) is 6.54 Å². The van der Waals surface area contributed by atoms with Crippen LogP contribution in [0.5, 0.6) is 0 Å². The number of carbonyl (C=O) groups excluding carboxylic acids is 1. The zero-order valence-corrected chi connectivity index (χ0v) is 8.36. The molecule has 0 saturated carbocycles. The van der Waals surface area contributed by atoms with Crippen molar-refractivity contribution in [1.29, 1.82) is 0 Å². The van der Waals surface area contributed by atoms with Gasteiger partial charge in [-0.15, -0.1) is 0 Å². The Morgan fingerprint density at radius 3 is 3.20 bits per heavy atom. The minimum atomic E-state index is -0.231. The van der Waals surface area contributed by atoms with E-state index in [1.807, 2.05) is 12.2 Å². The summed E-state index contributed by atoms with van der Waals surface area (Å²) in [4.78, 5) is 11.5. The molecule has 0 bridgehead atoms. The molecule has 0 aromatic carbocycles. The number of nitrogens with one attached hydrogen (secondary N) is 2. The summed E-state index contributed by atoms with van der Waals surface area (Å²) in [5.41, 5.74) is 1.36. The van der Waals surface area contributed by atoms with Gasteiger partial charge in [-0.3, -0.25) is 10.1 Å². The molecule has 15 heavy (non-hydrogen) atoms. The van der Waals surface area contributed by atoms with Crippen molar-refractivity contribution in [2.24, 2.45) is 0 Å². The second kappa shape index (κ2) is 4.22. The predicted molar refractivity (Wildman–Crippen MR) is 51.8 cm³/mol. The van der Waals surface area contributed by atoms with Gasteiger partial charge in [-0.1, -0.05) is 22.5 Å². The maximum Gasteiger partial charge on any atom is 0.241 e. The van der Waals surface area contributed by atoms with Crippen molar-refractivity contribution in [3.63, 3.8) is 0 Å². The third kappa shape index (κ3) is 2.21. The van der Waals surface area contributed by atoms with Gasteiger partial charge in [-0.25, -0.2) is 4.63 Å². The number of hydrogen-bond donors (Lipinski definition) is 2. The number of aromatic nitrogens is 2. The van der Waals surface area contributed by atoms with Crippen LogP contribution in [0.1, 0.15) is 11.4 Å². The molecule has 0 aliphatic carbocycles. The van der Waals surface area contributed by atoms with Crippen molar-refractivity contribution in [1.82, 2.24) is 20.9 Å². The molecule has 0 spiro atoms. The molecule has 2 N–H and O–H groups in total. The summed E-state index contributed by atoms with van der Waals surface area (Å²) in [7, 11) is 0. The second-order valence-corrected chi connectivity index (χ2v) is 3.33. The Bertz CT molecular complexity index is 385. The van der Waals surface area contributed by atoms with E-state index in [1.165, 1.54) is 0 Å². The van der Waals surface area contributed by atoms with Gasteiger partial charge in [0, 0.05) is 6.54 Å². The van der Waals surface area contributed by atoms with Crippen molar-refractivity contribution < 1.29 is 9.42 Å². The Balaban J connectivity index is 1.85. The smallest absolute Gasteiger partial charge is 0.241 e. The maximum absolute atomic E-state index is 11.5. The van der Waals surface area contributed by atoms with Crippen LogP contribution in [0.2, 0.25) is 0 Å². The Labute approximate surface area is 86.7 Å². The Morgan fingerprint density at radius 2 is 2.60 bits per heavy atom. The number of amides is 1. The lowest BCUT2D eigenvalue weighted by atomic mass is 10.3. The molecule has 6 heteroatoms. The van der Waals surface area contributed by atoms with Gasteiger partial charge in [0.2, 0.25) is 5.91 Å². The minimum absolute atomic E-state index is 0.0637. The summed E-state index contributed by atoms with van der Waals surface area (Å²) in [6, 6.07) is -0.231. The molecule has 80 valence electrons.